The van der Waals surface area contributed by atoms with Crippen LogP contribution in [0.5, 0.6) is 0 Å². The van der Waals surface area contributed by atoms with Crippen LogP contribution in [0, 0.1) is 12.8 Å². The van der Waals surface area contributed by atoms with E-state index in [0.717, 1.165) is 22.3 Å². The topological polar surface area (TPSA) is 80.9 Å². The Morgan fingerprint density at radius 2 is 1.83 bits per heavy atom. The van der Waals surface area contributed by atoms with Crippen LogP contribution in [0.1, 0.15) is 46.9 Å². The normalized spacial score (nSPS) is 26.4. The first-order chi connectivity index (χ1) is 8.52. The molecule has 0 aliphatic heterocycles. The van der Waals surface area contributed by atoms with Crippen molar-refractivity contribution in [2.75, 3.05) is 6.61 Å². The largest absolute Gasteiger partial charge is 0.396 e. The predicted octanol–water partition coefficient (Wildman–Crippen LogP) is 0.739. The lowest BCUT2D eigenvalue weighted by atomic mass is 9.91. The van der Waals surface area contributed by atoms with Gasteiger partial charge in [-0.05, 0) is 41.2 Å². The van der Waals surface area contributed by atoms with Gasteiger partial charge in [-0.25, -0.2) is 0 Å². The Kier molecular flexibility index (Phi) is 3.73. The fourth-order valence-electron chi connectivity index (χ4n) is 2.93. The molecule has 0 spiro atoms. The van der Waals surface area contributed by atoms with E-state index in [1.165, 1.54) is 0 Å². The summed E-state index contributed by atoms with van der Waals surface area (Å²) in [5.74, 6) is -0.241. The Morgan fingerprint density at radius 3 is 2.39 bits per heavy atom. The molecular weight excluding hydrogens is 232 g/mol. The summed E-state index contributed by atoms with van der Waals surface area (Å²) in [6, 6.07) is 1.75. The Balaban J connectivity index is 2.62. The number of hydrogen-bond acceptors (Lipinski definition) is 4. The van der Waals surface area contributed by atoms with Gasteiger partial charge in [0.1, 0.15) is 0 Å². The van der Waals surface area contributed by atoms with E-state index in [2.05, 4.69) is 0 Å². The van der Waals surface area contributed by atoms with Crippen molar-refractivity contribution in [1.82, 2.24) is 0 Å². The molecule has 18 heavy (non-hydrogen) atoms. The maximum Gasteiger partial charge on any atom is 0.0849 e. The highest BCUT2D eigenvalue weighted by Gasteiger charge is 2.37. The number of aliphatic hydroxyl groups is 4. The first-order valence-corrected chi connectivity index (χ1v) is 6.25. The lowest BCUT2D eigenvalue weighted by molar-refractivity contribution is 0.0451. The monoisotopic (exact) mass is 252 g/mol. The molecular formula is C14H20O4. The highest BCUT2D eigenvalue weighted by atomic mass is 16.3. The van der Waals surface area contributed by atoms with Crippen molar-refractivity contribution >= 4 is 0 Å². The molecule has 1 aromatic rings. The van der Waals surface area contributed by atoms with E-state index in [4.69, 9.17) is 5.11 Å². The average molecular weight is 252 g/mol. The van der Waals surface area contributed by atoms with Crippen LogP contribution in [0.15, 0.2) is 6.07 Å². The van der Waals surface area contributed by atoms with Crippen LogP contribution in [0.3, 0.4) is 0 Å². The minimum Gasteiger partial charge on any atom is -0.396 e. The summed E-state index contributed by atoms with van der Waals surface area (Å²) in [4.78, 5) is 0. The van der Waals surface area contributed by atoms with Gasteiger partial charge in [0.15, 0.2) is 0 Å². The van der Waals surface area contributed by atoms with E-state index in [0.29, 0.717) is 12.0 Å². The molecule has 0 saturated heterocycles. The first-order valence-electron chi connectivity index (χ1n) is 6.25. The number of hydrogen-bond donors (Lipinski definition) is 4. The van der Waals surface area contributed by atoms with Crippen molar-refractivity contribution in [1.29, 1.82) is 0 Å². The van der Waals surface area contributed by atoms with Crippen molar-refractivity contribution in [2.24, 2.45) is 5.92 Å². The molecule has 0 unspecified atom stereocenters. The van der Waals surface area contributed by atoms with Crippen LogP contribution >= 0.6 is 0 Å². The standard InChI is InChI=1S/C14H20O4/c1-7-10(3-4-15)9(6-16)5-11-12(7)14(18)8(2)13(11)17/h5,8,13-18H,3-4,6H2,1-2H3/t8-,13+,14+/m0/s1. The molecule has 2 rings (SSSR count). The third-order valence-electron chi connectivity index (χ3n) is 4.03. The minimum absolute atomic E-state index is 0.000822. The van der Waals surface area contributed by atoms with E-state index in [9.17, 15) is 15.3 Å². The molecule has 0 radical (unpaired) electrons. The Bertz CT molecular complexity index is 456. The third-order valence-corrected chi connectivity index (χ3v) is 4.03. The number of rotatable bonds is 3. The molecule has 100 valence electrons. The number of fused-ring (bicyclic) bond motifs is 1. The van der Waals surface area contributed by atoms with Gasteiger partial charge in [0.2, 0.25) is 0 Å². The Morgan fingerprint density at radius 1 is 1.17 bits per heavy atom. The molecule has 4 heteroatoms. The maximum absolute atomic E-state index is 10.2. The molecule has 1 aromatic carbocycles. The highest BCUT2D eigenvalue weighted by Crippen LogP contribution is 2.46. The summed E-state index contributed by atoms with van der Waals surface area (Å²) in [7, 11) is 0. The van der Waals surface area contributed by atoms with Crippen LogP contribution in [-0.2, 0) is 13.0 Å². The summed E-state index contributed by atoms with van der Waals surface area (Å²) in [5.41, 5.74) is 3.94. The summed E-state index contributed by atoms with van der Waals surface area (Å²) in [6.07, 6.45) is -0.922. The van der Waals surface area contributed by atoms with E-state index >= 15 is 0 Å². The van der Waals surface area contributed by atoms with Gasteiger partial charge >= 0.3 is 0 Å². The predicted molar refractivity (Wildman–Crippen MR) is 67.0 cm³/mol. The van der Waals surface area contributed by atoms with Gasteiger partial charge in [-0.1, -0.05) is 13.0 Å². The van der Waals surface area contributed by atoms with Crippen molar-refractivity contribution in [3.05, 3.63) is 33.9 Å². The molecule has 4 N–H and O–H groups in total. The zero-order valence-electron chi connectivity index (χ0n) is 10.7. The van der Waals surface area contributed by atoms with Crippen LogP contribution in [-0.4, -0.2) is 27.0 Å². The quantitative estimate of drug-likeness (QED) is 0.639. The second-order valence-electron chi connectivity index (χ2n) is 5.02. The van der Waals surface area contributed by atoms with Crippen LogP contribution in [0.25, 0.3) is 0 Å². The molecule has 0 fully saturated rings. The van der Waals surface area contributed by atoms with Gasteiger partial charge in [0.05, 0.1) is 18.8 Å². The van der Waals surface area contributed by atoms with E-state index in [1.807, 2.05) is 6.92 Å². The van der Waals surface area contributed by atoms with Crippen LogP contribution < -0.4 is 0 Å². The average Bonchev–Trinajstić information content (AvgIpc) is 2.57. The fourth-order valence-corrected chi connectivity index (χ4v) is 2.93. The summed E-state index contributed by atoms with van der Waals surface area (Å²) in [5, 5.41) is 38.7. The summed E-state index contributed by atoms with van der Waals surface area (Å²) >= 11 is 0. The molecule has 1 aliphatic carbocycles. The van der Waals surface area contributed by atoms with Crippen LogP contribution in [0.4, 0.5) is 0 Å². The van der Waals surface area contributed by atoms with Gasteiger partial charge in [0, 0.05) is 12.5 Å². The zero-order valence-corrected chi connectivity index (χ0v) is 10.7. The van der Waals surface area contributed by atoms with Gasteiger partial charge < -0.3 is 20.4 Å². The second-order valence-corrected chi connectivity index (χ2v) is 5.02. The van der Waals surface area contributed by atoms with Crippen molar-refractivity contribution in [3.8, 4) is 0 Å². The second kappa shape index (κ2) is 4.97. The Labute approximate surface area is 107 Å². The minimum atomic E-state index is -0.692. The molecule has 3 atom stereocenters. The smallest absolute Gasteiger partial charge is 0.0849 e. The lowest BCUT2D eigenvalue weighted by Gasteiger charge is -2.17. The first kappa shape index (κ1) is 13.5. The number of benzene rings is 1. The number of aliphatic hydroxyl groups excluding tert-OH is 4. The third kappa shape index (κ3) is 1.86. The van der Waals surface area contributed by atoms with Crippen LogP contribution in [0.2, 0.25) is 0 Å². The van der Waals surface area contributed by atoms with Crippen molar-refractivity contribution in [3.63, 3.8) is 0 Å². The highest BCUT2D eigenvalue weighted by molar-refractivity contribution is 5.50. The van der Waals surface area contributed by atoms with Crippen molar-refractivity contribution in [2.45, 2.75) is 39.1 Å². The van der Waals surface area contributed by atoms with Gasteiger partial charge in [-0.15, -0.1) is 0 Å². The molecule has 0 amide bonds. The SMILES string of the molecule is Cc1c(CCO)c(CO)cc2c1[C@H](O)[C@@H](C)[C@H]2O. The van der Waals surface area contributed by atoms with Gasteiger partial charge in [0.25, 0.3) is 0 Å². The summed E-state index contributed by atoms with van der Waals surface area (Å²) in [6.45, 7) is 3.55. The zero-order chi connectivity index (χ0) is 13.4. The molecule has 1 aliphatic rings. The van der Waals surface area contributed by atoms with Gasteiger partial charge in [-0.2, -0.15) is 0 Å². The molecule has 4 nitrogen and oxygen atoms in total. The molecule has 0 saturated carbocycles. The molecule has 0 aromatic heterocycles. The van der Waals surface area contributed by atoms with E-state index < -0.39 is 12.2 Å². The summed E-state index contributed by atoms with van der Waals surface area (Å²) < 4.78 is 0. The molecule has 0 heterocycles. The van der Waals surface area contributed by atoms with E-state index in [1.54, 1.807) is 13.0 Å². The fraction of sp³-hybridized carbons (Fsp3) is 0.571. The Hall–Kier alpha value is -0.940. The maximum atomic E-state index is 10.2. The van der Waals surface area contributed by atoms with E-state index in [-0.39, 0.29) is 19.1 Å². The van der Waals surface area contributed by atoms with Gasteiger partial charge in [-0.3, -0.25) is 0 Å². The lowest BCUT2D eigenvalue weighted by Crippen LogP contribution is -2.08. The van der Waals surface area contributed by atoms with Crippen molar-refractivity contribution < 1.29 is 20.4 Å². The molecule has 0 bridgehead atoms.